The van der Waals surface area contributed by atoms with Gasteiger partial charge in [-0.05, 0) is 28.5 Å². The van der Waals surface area contributed by atoms with Crippen molar-refractivity contribution < 1.29 is 14.3 Å². The van der Waals surface area contributed by atoms with Gasteiger partial charge in [-0.3, -0.25) is 0 Å². The van der Waals surface area contributed by atoms with E-state index < -0.39 is 0 Å². The van der Waals surface area contributed by atoms with E-state index in [0.717, 1.165) is 26.3 Å². The first-order valence-corrected chi connectivity index (χ1v) is 10.00. The first-order valence-electron chi connectivity index (χ1n) is 9.18. The number of benzene rings is 3. The molecule has 28 heavy (non-hydrogen) atoms. The Kier molecular flexibility index (Phi) is 4.14. The van der Waals surface area contributed by atoms with Crippen molar-refractivity contribution in [2.24, 2.45) is 0 Å². The molecule has 1 aliphatic heterocycles. The van der Waals surface area contributed by atoms with E-state index in [9.17, 15) is 4.79 Å². The third-order valence-corrected chi connectivity index (χ3v) is 6.42. The first-order chi connectivity index (χ1) is 13.8. The van der Waals surface area contributed by atoms with Crippen LogP contribution in [0.3, 0.4) is 0 Å². The van der Waals surface area contributed by atoms with E-state index in [1.165, 1.54) is 17.9 Å². The van der Waals surface area contributed by atoms with Gasteiger partial charge in [-0.25, -0.2) is 4.79 Å². The Bertz CT molecular complexity index is 1220. The Labute approximate surface area is 166 Å². The van der Waals surface area contributed by atoms with Crippen LogP contribution in [-0.2, 0) is 9.53 Å². The fourth-order valence-electron chi connectivity index (χ4n) is 3.96. The monoisotopic (exact) mass is 386 g/mol. The topological polar surface area (TPSA) is 35.5 Å². The Morgan fingerprint density at radius 2 is 1.82 bits per heavy atom. The molecule has 4 aromatic rings. The summed E-state index contributed by atoms with van der Waals surface area (Å²) in [6.45, 7) is 0.343. The lowest BCUT2D eigenvalue weighted by atomic mass is 9.89. The number of carbonyl (C=O) groups excluding carboxylic acids is 1. The maximum absolute atomic E-state index is 12.6. The van der Waals surface area contributed by atoms with Gasteiger partial charge in [0.05, 0.1) is 17.9 Å². The Balaban J connectivity index is 1.83. The minimum Gasteiger partial charge on any atom is -0.488 e. The van der Waals surface area contributed by atoms with Crippen LogP contribution in [0.25, 0.3) is 20.9 Å². The zero-order valence-electron chi connectivity index (χ0n) is 15.3. The van der Waals surface area contributed by atoms with Gasteiger partial charge in [0.25, 0.3) is 0 Å². The number of thiophene rings is 1. The van der Waals surface area contributed by atoms with Crippen LogP contribution < -0.4 is 4.74 Å². The average molecular weight is 386 g/mol. The molecule has 0 radical (unpaired) electrons. The van der Waals surface area contributed by atoms with Crippen LogP contribution in [-0.4, -0.2) is 19.7 Å². The number of hydrogen-bond acceptors (Lipinski definition) is 4. The van der Waals surface area contributed by atoms with E-state index in [1.807, 2.05) is 30.3 Å². The third kappa shape index (κ3) is 2.60. The fraction of sp³-hybridized carbons (Fsp3) is 0.125. The maximum Gasteiger partial charge on any atom is 0.334 e. The van der Waals surface area contributed by atoms with Gasteiger partial charge in [-0.1, -0.05) is 60.7 Å². The zero-order chi connectivity index (χ0) is 19.1. The molecule has 2 heterocycles. The molecule has 1 aromatic heterocycles. The van der Waals surface area contributed by atoms with Crippen molar-refractivity contribution in [2.75, 3.05) is 13.7 Å². The van der Waals surface area contributed by atoms with Crippen molar-refractivity contribution in [2.45, 2.75) is 5.92 Å². The summed E-state index contributed by atoms with van der Waals surface area (Å²) < 4.78 is 12.5. The summed E-state index contributed by atoms with van der Waals surface area (Å²) in [7, 11) is 1.43. The van der Waals surface area contributed by atoms with Gasteiger partial charge in [0.1, 0.15) is 12.4 Å². The second-order valence-corrected chi connectivity index (χ2v) is 7.84. The molecule has 1 aliphatic rings. The second-order valence-electron chi connectivity index (χ2n) is 6.76. The quantitative estimate of drug-likeness (QED) is 0.416. The van der Waals surface area contributed by atoms with E-state index in [0.29, 0.717) is 12.2 Å². The van der Waals surface area contributed by atoms with Gasteiger partial charge in [0, 0.05) is 15.7 Å². The summed E-state index contributed by atoms with van der Waals surface area (Å²) in [5.41, 5.74) is 1.69. The van der Waals surface area contributed by atoms with Crippen molar-refractivity contribution in [3.8, 4) is 5.75 Å². The highest BCUT2D eigenvalue weighted by Gasteiger charge is 2.32. The molecular formula is C24H18O3S. The predicted molar refractivity (Wildman–Crippen MR) is 113 cm³/mol. The van der Waals surface area contributed by atoms with Crippen LogP contribution >= 0.6 is 11.3 Å². The molecule has 0 spiro atoms. The van der Waals surface area contributed by atoms with Crippen molar-refractivity contribution in [1.29, 1.82) is 0 Å². The van der Waals surface area contributed by atoms with E-state index in [-0.39, 0.29) is 11.9 Å². The van der Waals surface area contributed by atoms with Crippen LogP contribution in [0.5, 0.6) is 5.75 Å². The molecule has 0 bridgehead atoms. The van der Waals surface area contributed by atoms with E-state index >= 15 is 0 Å². The van der Waals surface area contributed by atoms with E-state index in [1.54, 1.807) is 11.3 Å². The SMILES string of the molecule is COC(=O)C1=CCOc2c(sc3ccc4ccccc4c23)C1c1ccccc1. The molecule has 0 fully saturated rings. The molecular weight excluding hydrogens is 368 g/mol. The number of hydrogen-bond donors (Lipinski definition) is 0. The summed E-state index contributed by atoms with van der Waals surface area (Å²) in [6, 6.07) is 22.7. The Morgan fingerprint density at radius 3 is 2.64 bits per heavy atom. The molecule has 0 aliphatic carbocycles. The van der Waals surface area contributed by atoms with Crippen LogP contribution in [0, 0.1) is 0 Å². The molecule has 5 rings (SSSR count). The fourth-order valence-corrected chi connectivity index (χ4v) is 5.27. The van der Waals surface area contributed by atoms with Gasteiger partial charge in [0.15, 0.2) is 0 Å². The lowest BCUT2D eigenvalue weighted by Gasteiger charge is -2.17. The molecule has 3 aromatic carbocycles. The summed E-state index contributed by atoms with van der Waals surface area (Å²) in [6.07, 6.45) is 1.85. The predicted octanol–water partition coefficient (Wildman–Crippen LogP) is 5.68. The summed E-state index contributed by atoms with van der Waals surface area (Å²) in [5, 5.41) is 3.48. The third-order valence-electron chi connectivity index (χ3n) is 5.22. The van der Waals surface area contributed by atoms with Crippen LogP contribution in [0.1, 0.15) is 16.4 Å². The molecule has 0 saturated heterocycles. The second kappa shape index (κ2) is 6.80. The highest BCUT2D eigenvalue weighted by molar-refractivity contribution is 7.19. The molecule has 1 unspecified atom stereocenters. The van der Waals surface area contributed by atoms with Crippen molar-refractivity contribution in [3.63, 3.8) is 0 Å². The van der Waals surface area contributed by atoms with Crippen LogP contribution in [0.2, 0.25) is 0 Å². The molecule has 0 N–H and O–H groups in total. The average Bonchev–Trinajstić information content (AvgIpc) is 3.01. The first kappa shape index (κ1) is 17.0. The molecule has 3 nitrogen and oxygen atoms in total. The van der Waals surface area contributed by atoms with Crippen molar-refractivity contribution in [1.82, 2.24) is 0 Å². The number of carbonyl (C=O) groups is 1. The largest absolute Gasteiger partial charge is 0.488 e. The maximum atomic E-state index is 12.6. The van der Waals surface area contributed by atoms with E-state index in [4.69, 9.17) is 9.47 Å². The van der Waals surface area contributed by atoms with Gasteiger partial charge >= 0.3 is 5.97 Å². The van der Waals surface area contributed by atoms with Crippen LogP contribution in [0.15, 0.2) is 78.4 Å². The lowest BCUT2D eigenvalue weighted by Crippen LogP contribution is -2.13. The van der Waals surface area contributed by atoms with Gasteiger partial charge < -0.3 is 9.47 Å². The molecule has 4 heteroatoms. The highest BCUT2D eigenvalue weighted by atomic mass is 32.1. The Hall–Kier alpha value is -3.11. The molecule has 1 atom stereocenters. The molecule has 0 amide bonds. The number of methoxy groups -OCH3 is 1. The molecule has 0 saturated carbocycles. The molecule has 138 valence electrons. The zero-order valence-corrected chi connectivity index (χ0v) is 16.2. The Morgan fingerprint density at radius 1 is 1.04 bits per heavy atom. The lowest BCUT2D eigenvalue weighted by molar-refractivity contribution is -0.136. The minimum absolute atomic E-state index is 0.206. The van der Waals surface area contributed by atoms with Gasteiger partial charge in [-0.15, -0.1) is 11.3 Å². The van der Waals surface area contributed by atoms with Crippen molar-refractivity contribution in [3.05, 3.63) is 88.8 Å². The normalized spacial score (nSPS) is 16.2. The number of ether oxygens (including phenoxy) is 2. The number of fused-ring (bicyclic) bond motifs is 5. The smallest absolute Gasteiger partial charge is 0.334 e. The highest BCUT2D eigenvalue weighted by Crippen LogP contribution is 2.50. The van der Waals surface area contributed by atoms with Crippen LogP contribution in [0.4, 0.5) is 0 Å². The standard InChI is InChI=1S/C24H18O3S/c1-26-24(25)18-13-14-27-22-21-17-10-6-5-7-15(17)11-12-19(21)28-23(22)20(18)16-8-3-2-4-9-16/h2-13,20H,14H2,1H3. The summed E-state index contributed by atoms with van der Waals surface area (Å²) >= 11 is 1.69. The van der Waals surface area contributed by atoms with Gasteiger partial charge in [0.2, 0.25) is 0 Å². The van der Waals surface area contributed by atoms with Crippen molar-refractivity contribution >= 4 is 38.2 Å². The minimum atomic E-state index is -0.312. The number of rotatable bonds is 2. The summed E-state index contributed by atoms with van der Waals surface area (Å²) in [5.74, 6) is 0.357. The number of esters is 1. The summed E-state index contributed by atoms with van der Waals surface area (Å²) in [4.78, 5) is 13.6. The van der Waals surface area contributed by atoms with E-state index in [2.05, 4.69) is 42.5 Å². The van der Waals surface area contributed by atoms with Gasteiger partial charge in [-0.2, -0.15) is 0 Å².